The van der Waals surface area contributed by atoms with E-state index < -0.39 is 4.51 Å². The van der Waals surface area contributed by atoms with Crippen molar-refractivity contribution in [2.24, 2.45) is 0 Å². The normalized spacial score (nSPS) is 26.5. The molecule has 2 rings (SSSR count). The lowest BCUT2D eigenvalue weighted by molar-refractivity contribution is -0.121. The maximum absolute atomic E-state index is 10.9. The average Bonchev–Trinajstić information content (AvgIpc) is 2.19. The second-order valence-corrected chi connectivity index (χ2v) is 4.20. The van der Waals surface area contributed by atoms with Gasteiger partial charge in [0.25, 0.3) is 0 Å². The average molecular weight is 241 g/mol. The van der Waals surface area contributed by atoms with Crippen LogP contribution in [-0.2, 0) is 20.5 Å². The second-order valence-electron chi connectivity index (χ2n) is 3.02. The summed E-state index contributed by atoms with van der Waals surface area (Å²) in [4.78, 5) is 10.9. The van der Waals surface area contributed by atoms with Gasteiger partial charge in [0.05, 0.1) is 6.61 Å². The third-order valence-electron chi connectivity index (χ3n) is 2.22. The van der Waals surface area contributed by atoms with Gasteiger partial charge in [0, 0.05) is 5.56 Å². The molecule has 0 N–H and O–H groups in total. The van der Waals surface area contributed by atoms with Gasteiger partial charge in [-0.3, -0.25) is 4.79 Å². The SMILES string of the molecule is O=CC1(Br)OCCc2ccccc21. The van der Waals surface area contributed by atoms with Gasteiger partial charge in [-0.25, -0.2) is 0 Å². The van der Waals surface area contributed by atoms with E-state index in [1.807, 2.05) is 24.3 Å². The number of halogens is 1. The summed E-state index contributed by atoms with van der Waals surface area (Å²) in [5.41, 5.74) is 2.11. The van der Waals surface area contributed by atoms with E-state index in [2.05, 4.69) is 15.9 Å². The van der Waals surface area contributed by atoms with Gasteiger partial charge >= 0.3 is 0 Å². The molecule has 0 aliphatic carbocycles. The Morgan fingerprint density at radius 1 is 1.46 bits per heavy atom. The van der Waals surface area contributed by atoms with Crippen LogP contribution in [0.1, 0.15) is 11.1 Å². The largest absolute Gasteiger partial charge is 0.352 e. The number of hydrogen-bond donors (Lipinski definition) is 0. The number of alkyl halides is 1. The van der Waals surface area contributed by atoms with E-state index in [0.717, 1.165) is 18.3 Å². The van der Waals surface area contributed by atoms with Crippen LogP contribution in [0.25, 0.3) is 0 Å². The van der Waals surface area contributed by atoms with E-state index in [1.165, 1.54) is 5.56 Å². The summed E-state index contributed by atoms with van der Waals surface area (Å²) in [5.74, 6) is 0. The Morgan fingerprint density at radius 2 is 2.23 bits per heavy atom. The highest BCUT2D eigenvalue weighted by atomic mass is 79.9. The first-order valence-corrected chi connectivity index (χ1v) is 4.93. The molecule has 0 amide bonds. The number of hydrogen-bond acceptors (Lipinski definition) is 2. The number of rotatable bonds is 1. The molecule has 0 radical (unpaired) electrons. The molecular formula is C10H9BrO2. The van der Waals surface area contributed by atoms with E-state index in [0.29, 0.717) is 6.61 Å². The summed E-state index contributed by atoms with van der Waals surface area (Å²) < 4.78 is 4.47. The Kier molecular flexibility index (Phi) is 2.22. The van der Waals surface area contributed by atoms with Crippen LogP contribution < -0.4 is 0 Å². The zero-order valence-electron chi connectivity index (χ0n) is 7.00. The summed E-state index contributed by atoms with van der Waals surface area (Å²) in [5, 5.41) is 0. The van der Waals surface area contributed by atoms with Crippen LogP contribution in [0.5, 0.6) is 0 Å². The third-order valence-corrected chi connectivity index (χ3v) is 3.06. The highest BCUT2D eigenvalue weighted by Gasteiger charge is 2.34. The zero-order valence-corrected chi connectivity index (χ0v) is 8.58. The molecule has 0 aromatic heterocycles. The molecule has 1 aliphatic rings. The minimum Gasteiger partial charge on any atom is -0.352 e. The first-order valence-electron chi connectivity index (χ1n) is 4.14. The summed E-state index contributed by atoms with van der Waals surface area (Å²) in [7, 11) is 0. The molecular weight excluding hydrogens is 232 g/mol. The molecule has 2 nitrogen and oxygen atoms in total. The van der Waals surface area contributed by atoms with Crippen LogP contribution in [0.4, 0.5) is 0 Å². The molecule has 1 aliphatic heterocycles. The van der Waals surface area contributed by atoms with Gasteiger partial charge in [-0.05, 0) is 27.9 Å². The summed E-state index contributed by atoms with van der Waals surface area (Å²) in [6.07, 6.45) is 1.67. The fourth-order valence-corrected chi connectivity index (χ4v) is 2.10. The van der Waals surface area contributed by atoms with E-state index in [4.69, 9.17) is 4.74 Å². The van der Waals surface area contributed by atoms with Crippen molar-refractivity contribution in [3.05, 3.63) is 35.4 Å². The van der Waals surface area contributed by atoms with Gasteiger partial charge in [-0.2, -0.15) is 0 Å². The van der Waals surface area contributed by atoms with Gasteiger partial charge in [0.1, 0.15) is 0 Å². The maximum Gasteiger partial charge on any atom is 0.203 e. The highest BCUT2D eigenvalue weighted by Crippen LogP contribution is 2.36. The Hall–Kier alpha value is -0.670. The summed E-state index contributed by atoms with van der Waals surface area (Å²) >= 11 is 3.30. The van der Waals surface area contributed by atoms with Crippen molar-refractivity contribution in [2.45, 2.75) is 10.9 Å². The zero-order chi connectivity index (χ0) is 9.31. The molecule has 0 spiro atoms. The van der Waals surface area contributed by atoms with E-state index in [1.54, 1.807) is 0 Å². The van der Waals surface area contributed by atoms with Crippen LogP contribution in [0.15, 0.2) is 24.3 Å². The lowest BCUT2D eigenvalue weighted by Crippen LogP contribution is -2.30. The van der Waals surface area contributed by atoms with E-state index in [-0.39, 0.29) is 0 Å². The van der Waals surface area contributed by atoms with Crippen LogP contribution in [0, 0.1) is 0 Å². The molecule has 1 aromatic rings. The van der Waals surface area contributed by atoms with Gasteiger partial charge < -0.3 is 4.74 Å². The van der Waals surface area contributed by atoms with Gasteiger partial charge in [0.2, 0.25) is 4.51 Å². The van der Waals surface area contributed by atoms with Gasteiger partial charge in [0.15, 0.2) is 6.29 Å². The standard InChI is InChI=1S/C10H9BrO2/c11-10(7-12)9-4-2-1-3-8(9)5-6-13-10/h1-4,7H,5-6H2. The van der Waals surface area contributed by atoms with E-state index in [9.17, 15) is 4.79 Å². The molecule has 0 bridgehead atoms. The van der Waals surface area contributed by atoms with Gasteiger partial charge in [-0.1, -0.05) is 24.3 Å². The molecule has 3 heteroatoms. The minimum atomic E-state index is -0.915. The Bertz CT molecular complexity index is 337. The lowest BCUT2D eigenvalue weighted by atomic mass is 9.98. The first-order chi connectivity index (χ1) is 6.26. The second kappa shape index (κ2) is 3.24. The van der Waals surface area contributed by atoms with Crippen LogP contribution in [0.3, 0.4) is 0 Å². The summed E-state index contributed by atoms with van der Waals surface area (Å²) in [6, 6.07) is 7.82. The van der Waals surface area contributed by atoms with Crippen molar-refractivity contribution in [3.8, 4) is 0 Å². The molecule has 1 heterocycles. The van der Waals surface area contributed by atoms with Crippen LogP contribution >= 0.6 is 15.9 Å². The number of ether oxygens (including phenoxy) is 1. The Morgan fingerprint density at radius 3 is 3.00 bits per heavy atom. The highest BCUT2D eigenvalue weighted by molar-refractivity contribution is 9.10. The molecule has 0 fully saturated rings. The fraction of sp³-hybridized carbons (Fsp3) is 0.300. The third kappa shape index (κ3) is 1.42. The minimum absolute atomic E-state index is 0.584. The van der Waals surface area contributed by atoms with Crippen molar-refractivity contribution >= 4 is 22.2 Å². The molecule has 1 unspecified atom stereocenters. The van der Waals surface area contributed by atoms with Crippen LogP contribution in [0.2, 0.25) is 0 Å². The Labute approximate surface area is 85.0 Å². The Balaban J connectivity index is 2.54. The van der Waals surface area contributed by atoms with Crippen molar-refractivity contribution < 1.29 is 9.53 Å². The van der Waals surface area contributed by atoms with Crippen LogP contribution in [-0.4, -0.2) is 12.9 Å². The summed E-state index contributed by atoms with van der Waals surface area (Å²) in [6.45, 7) is 0.584. The monoisotopic (exact) mass is 240 g/mol. The molecule has 0 saturated heterocycles. The number of benzene rings is 1. The number of carbonyl (C=O) groups excluding carboxylic acids is 1. The molecule has 13 heavy (non-hydrogen) atoms. The van der Waals surface area contributed by atoms with Gasteiger partial charge in [-0.15, -0.1) is 0 Å². The quantitative estimate of drug-likeness (QED) is 0.555. The molecule has 1 aromatic carbocycles. The molecule has 1 atom stereocenters. The number of fused-ring (bicyclic) bond motifs is 1. The fourth-order valence-electron chi connectivity index (χ4n) is 1.56. The lowest BCUT2D eigenvalue weighted by Gasteiger charge is -2.29. The van der Waals surface area contributed by atoms with Crippen molar-refractivity contribution in [1.82, 2.24) is 0 Å². The number of carbonyl (C=O) groups is 1. The van der Waals surface area contributed by atoms with Crippen molar-refractivity contribution in [3.63, 3.8) is 0 Å². The molecule has 68 valence electrons. The first kappa shape index (κ1) is 8.91. The predicted octanol–water partition coefficient (Wildman–Crippen LogP) is 2.01. The maximum atomic E-state index is 10.9. The predicted molar refractivity (Wildman–Crippen MR) is 52.8 cm³/mol. The van der Waals surface area contributed by atoms with E-state index >= 15 is 0 Å². The van der Waals surface area contributed by atoms with Crippen molar-refractivity contribution in [2.75, 3.05) is 6.61 Å². The topological polar surface area (TPSA) is 26.3 Å². The smallest absolute Gasteiger partial charge is 0.203 e. The number of aldehydes is 1. The van der Waals surface area contributed by atoms with Crippen molar-refractivity contribution in [1.29, 1.82) is 0 Å². The molecule has 0 saturated carbocycles.